The van der Waals surface area contributed by atoms with Gasteiger partial charge in [-0.25, -0.2) is 9.59 Å². The molecule has 2 aromatic rings. The molecular formula is C27H28N2O5. The Balaban J connectivity index is 1.16. The number of carbonyl (C=O) groups excluding carboxylic acids is 2. The fourth-order valence-electron chi connectivity index (χ4n) is 6.36. The summed E-state index contributed by atoms with van der Waals surface area (Å²) in [5.74, 6) is -1.22. The molecule has 7 nitrogen and oxygen atoms in total. The quantitative estimate of drug-likeness (QED) is 0.681. The highest BCUT2D eigenvalue weighted by molar-refractivity contribution is 5.93. The smallest absolute Gasteiger partial charge is 0.407 e. The first-order valence-corrected chi connectivity index (χ1v) is 12.2. The lowest BCUT2D eigenvalue weighted by Crippen LogP contribution is -2.57. The second-order valence-electron chi connectivity index (χ2n) is 10.1. The third-order valence-corrected chi connectivity index (χ3v) is 8.22. The normalized spacial score (nSPS) is 25.5. The summed E-state index contributed by atoms with van der Waals surface area (Å²) in [6.07, 6.45) is 3.46. The first-order chi connectivity index (χ1) is 16.5. The zero-order valence-corrected chi connectivity index (χ0v) is 18.9. The van der Waals surface area contributed by atoms with Crippen LogP contribution in [0.2, 0.25) is 0 Å². The molecule has 176 valence electrons. The van der Waals surface area contributed by atoms with E-state index in [2.05, 4.69) is 29.6 Å². The largest absolute Gasteiger partial charge is 0.479 e. The molecule has 6 rings (SSSR count). The first-order valence-electron chi connectivity index (χ1n) is 12.2. The van der Waals surface area contributed by atoms with Crippen LogP contribution in [0.5, 0.6) is 0 Å². The van der Waals surface area contributed by atoms with Crippen LogP contribution in [0.4, 0.5) is 4.79 Å². The van der Waals surface area contributed by atoms with Gasteiger partial charge in [0, 0.05) is 12.0 Å². The molecule has 34 heavy (non-hydrogen) atoms. The Labute approximate surface area is 198 Å². The van der Waals surface area contributed by atoms with Crippen LogP contribution < -0.4 is 5.32 Å². The van der Waals surface area contributed by atoms with E-state index in [1.54, 1.807) is 4.90 Å². The second kappa shape index (κ2) is 7.86. The SMILES string of the molecule is O=C(NC(C(=O)N1C2CCC1(C(=O)O)CC2)C1CC1)OCC1c2ccccc2-c2ccccc21. The van der Waals surface area contributed by atoms with Crippen molar-refractivity contribution in [2.24, 2.45) is 5.92 Å². The van der Waals surface area contributed by atoms with E-state index in [9.17, 15) is 19.5 Å². The lowest BCUT2D eigenvalue weighted by Gasteiger charge is -2.34. The van der Waals surface area contributed by atoms with Gasteiger partial charge in [-0.1, -0.05) is 48.5 Å². The average molecular weight is 461 g/mol. The van der Waals surface area contributed by atoms with Crippen LogP contribution >= 0.6 is 0 Å². The van der Waals surface area contributed by atoms with Crippen molar-refractivity contribution in [3.63, 3.8) is 0 Å². The van der Waals surface area contributed by atoms with Gasteiger partial charge < -0.3 is 20.1 Å². The van der Waals surface area contributed by atoms with E-state index < -0.39 is 23.6 Å². The van der Waals surface area contributed by atoms with Crippen molar-refractivity contribution in [1.82, 2.24) is 10.2 Å². The van der Waals surface area contributed by atoms with Crippen molar-refractivity contribution in [2.45, 2.75) is 62.1 Å². The number of nitrogens with zero attached hydrogens (tertiary/aromatic N) is 1. The Morgan fingerprint density at radius 3 is 2.12 bits per heavy atom. The Hall–Kier alpha value is -3.35. The number of nitrogens with one attached hydrogen (secondary N) is 1. The fourth-order valence-corrected chi connectivity index (χ4v) is 6.36. The molecule has 0 radical (unpaired) electrons. The number of carbonyl (C=O) groups is 3. The van der Waals surface area contributed by atoms with Gasteiger partial charge in [0.05, 0.1) is 0 Å². The van der Waals surface area contributed by atoms with Gasteiger partial charge in [-0.05, 0) is 66.7 Å². The minimum absolute atomic E-state index is 0.0406. The number of alkyl carbamates (subject to hydrolysis) is 1. The maximum Gasteiger partial charge on any atom is 0.407 e. The minimum Gasteiger partial charge on any atom is -0.479 e. The van der Waals surface area contributed by atoms with Crippen molar-refractivity contribution < 1.29 is 24.2 Å². The number of aliphatic carboxylic acids is 1. The van der Waals surface area contributed by atoms with Gasteiger partial charge in [-0.2, -0.15) is 0 Å². The highest BCUT2D eigenvalue weighted by atomic mass is 16.5. The summed E-state index contributed by atoms with van der Waals surface area (Å²) in [5, 5.41) is 12.7. The van der Waals surface area contributed by atoms with Gasteiger partial charge in [0.15, 0.2) is 0 Å². The van der Waals surface area contributed by atoms with Crippen molar-refractivity contribution >= 4 is 18.0 Å². The van der Waals surface area contributed by atoms with E-state index in [0.29, 0.717) is 25.7 Å². The van der Waals surface area contributed by atoms with Gasteiger partial charge in [0.1, 0.15) is 18.2 Å². The summed E-state index contributed by atoms with van der Waals surface area (Å²) < 4.78 is 5.67. The molecule has 2 heterocycles. The molecule has 2 bridgehead atoms. The Bertz CT molecular complexity index is 1120. The van der Waals surface area contributed by atoms with Crippen molar-refractivity contribution in [3.05, 3.63) is 59.7 Å². The van der Waals surface area contributed by atoms with Gasteiger partial charge in [0.2, 0.25) is 5.91 Å². The highest BCUT2D eigenvalue weighted by Crippen LogP contribution is 2.48. The first kappa shape index (κ1) is 21.2. The summed E-state index contributed by atoms with van der Waals surface area (Å²) in [4.78, 5) is 40.0. The number of benzene rings is 2. The van der Waals surface area contributed by atoms with Crippen LogP contribution in [0.15, 0.2) is 48.5 Å². The fraction of sp³-hybridized carbons (Fsp3) is 0.444. The van der Waals surface area contributed by atoms with E-state index in [-0.39, 0.29) is 30.4 Å². The molecule has 2 amide bonds. The maximum absolute atomic E-state index is 13.5. The van der Waals surface area contributed by atoms with E-state index in [4.69, 9.17) is 4.74 Å². The van der Waals surface area contributed by atoms with Gasteiger partial charge >= 0.3 is 12.1 Å². The number of carboxylic acids is 1. The molecule has 3 fully saturated rings. The van der Waals surface area contributed by atoms with E-state index in [1.807, 2.05) is 24.3 Å². The molecule has 4 aliphatic rings. The van der Waals surface area contributed by atoms with Crippen molar-refractivity contribution in [2.75, 3.05) is 6.61 Å². The number of ether oxygens (including phenoxy) is 1. The molecule has 2 aliphatic carbocycles. The number of fused-ring (bicyclic) bond motifs is 5. The van der Waals surface area contributed by atoms with Crippen molar-refractivity contribution in [1.29, 1.82) is 0 Å². The summed E-state index contributed by atoms with van der Waals surface area (Å²) in [6.45, 7) is 0.177. The summed E-state index contributed by atoms with van der Waals surface area (Å²) >= 11 is 0. The number of rotatable bonds is 6. The summed E-state index contributed by atoms with van der Waals surface area (Å²) in [7, 11) is 0. The molecular weight excluding hydrogens is 432 g/mol. The van der Waals surface area contributed by atoms with E-state index >= 15 is 0 Å². The molecule has 2 aliphatic heterocycles. The summed E-state index contributed by atoms with van der Waals surface area (Å²) in [6, 6.07) is 15.5. The standard InChI is InChI=1S/C27H28N2O5/c30-24(29-17-11-13-27(29,14-12-17)25(31)32)23(16-9-10-16)28-26(33)34-15-22-20-7-3-1-5-18(20)19-6-2-4-8-21(19)22/h1-8,16-17,22-23H,9-15H2,(H,28,33)(H,31,32). The molecule has 2 N–H and O–H groups in total. The third kappa shape index (κ3) is 3.21. The number of carboxylic acid groups (broad SMARTS) is 1. The Kier molecular flexibility index (Phi) is 4.90. The van der Waals surface area contributed by atoms with Crippen LogP contribution in [0.25, 0.3) is 11.1 Å². The number of hydrogen-bond acceptors (Lipinski definition) is 4. The summed E-state index contributed by atoms with van der Waals surface area (Å²) in [5.41, 5.74) is 3.45. The third-order valence-electron chi connectivity index (χ3n) is 8.22. The lowest BCUT2D eigenvalue weighted by atomic mass is 9.88. The molecule has 1 unspecified atom stereocenters. The predicted molar refractivity (Wildman–Crippen MR) is 124 cm³/mol. The molecule has 1 atom stereocenters. The second-order valence-corrected chi connectivity index (χ2v) is 10.1. The van der Waals surface area contributed by atoms with Crippen LogP contribution in [-0.4, -0.2) is 52.2 Å². The maximum atomic E-state index is 13.5. The number of hydrogen-bond donors (Lipinski definition) is 2. The molecule has 1 saturated carbocycles. The zero-order chi connectivity index (χ0) is 23.4. The van der Waals surface area contributed by atoms with Crippen LogP contribution in [-0.2, 0) is 14.3 Å². The molecule has 2 saturated heterocycles. The Morgan fingerprint density at radius 2 is 1.56 bits per heavy atom. The molecule has 2 aromatic carbocycles. The predicted octanol–water partition coefficient (Wildman–Crippen LogP) is 3.91. The molecule has 0 aromatic heterocycles. The van der Waals surface area contributed by atoms with Crippen molar-refractivity contribution in [3.8, 4) is 11.1 Å². The Morgan fingerprint density at radius 1 is 0.971 bits per heavy atom. The lowest BCUT2D eigenvalue weighted by molar-refractivity contribution is -0.156. The minimum atomic E-state index is -1.11. The van der Waals surface area contributed by atoms with Gasteiger partial charge in [0.25, 0.3) is 0 Å². The van der Waals surface area contributed by atoms with Gasteiger partial charge in [-0.15, -0.1) is 0 Å². The molecule has 0 spiro atoms. The van der Waals surface area contributed by atoms with Crippen LogP contribution in [0.3, 0.4) is 0 Å². The van der Waals surface area contributed by atoms with Gasteiger partial charge in [-0.3, -0.25) is 4.79 Å². The monoisotopic (exact) mass is 460 g/mol. The van der Waals surface area contributed by atoms with Crippen LogP contribution in [0, 0.1) is 5.92 Å². The van der Waals surface area contributed by atoms with E-state index in [0.717, 1.165) is 35.1 Å². The molecule has 7 heteroatoms. The zero-order valence-electron chi connectivity index (χ0n) is 18.9. The number of amides is 2. The topological polar surface area (TPSA) is 95.9 Å². The van der Waals surface area contributed by atoms with E-state index in [1.165, 1.54) is 0 Å². The van der Waals surface area contributed by atoms with Crippen LogP contribution in [0.1, 0.15) is 55.6 Å². The highest BCUT2D eigenvalue weighted by Gasteiger charge is 2.60. The average Bonchev–Trinajstić information content (AvgIpc) is 3.42.